The smallest absolute Gasteiger partial charge is 0.293 e. The molecule has 140 valence electrons. The van der Waals surface area contributed by atoms with Crippen molar-refractivity contribution in [3.05, 3.63) is 63.5 Å². The molecule has 1 fully saturated rings. The molecule has 2 aromatic rings. The molecule has 0 atom stereocenters. The molecule has 0 aromatic heterocycles. The van der Waals surface area contributed by atoms with Gasteiger partial charge in [-0.25, -0.2) is 0 Å². The van der Waals surface area contributed by atoms with Crippen LogP contribution < -0.4 is 9.47 Å². The average Bonchev–Trinajstić information content (AvgIpc) is 2.90. The third-order valence-corrected chi connectivity index (χ3v) is 5.03. The minimum atomic E-state index is -0.321. The van der Waals surface area contributed by atoms with Gasteiger partial charge in [0.05, 0.1) is 25.2 Å². The number of hydrogen-bond acceptors (Lipinski definition) is 5. The number of carbonyl (C=O) groups is 2. The van der Waals surface area contributed by atoms with Crippen LogP contribution in [0.25, 0.3) is 6.08 Å². The van der Waals surface area contributed by atoms with Gasteiger partial charge in [-0.3, -0.25) is 14.5 Å². The van der Waals surface area contributed by atoms with E-state index in [-0.39, 0.29) is 17.7 Å². The summed E-state index contributed by atoms with van der Waals surface area (Å²) in [7, 11) is 1.57. The molecule has 0 N–H and O–H groups in total. The first-order valence-corrected chi connectivity index (χ1v) is 9.52. The number of thioether (sulfide) groups is 1. The number of imide groups is 1. The molecule has 1 aliphatic rings. The second-order valence-electron chi connectivity index (χ2n) is 5.74. The van der Waals surface area contributed by atoms with Gasteiger partial charge in [0.25, 0.3) is 11.1 Å². The lowest BCUT2D eigenvalue weighted by molar-refractivity contribution is -0.123. The summed E-state index contributed by atoms with van der Waals surface area (Å²) in [5.74, 6) is 0.883. The minimum Gasteiger partial charge on any atom is -0.493 e. The van der Waals surface area contributed by atoms with Crippen molar-refractivity contribution in [2.75, 3.05) is 13.7 Å². The Kier molecular flexibility index (Phi) is 6.08. The number of benzene rings is 2. The first kappa shape index (κ1) is 19.3. The van der Waals surface area contributed by atoms with E-state index < -0.39 is 0 Å². The van der Waals surface area contributed by atoms with Crippen molar-refractivity contribution < 1.29 is 19.1 Å². The summed E-state index contributed by atoms with van der Waals surface area (Å²) < 4.78 is 10.8. The van der Waals surface area contributed by atoms with Crippen LogP contribution in [0.15, 0.2) is 47.4 Å². The van der Waals surface area contributed by atoms with E-state index in [0.717, 1.165) is 22.9 Å². The van der Waals surface area contributed by atoms with Crippen molar-refractivity contribution in [1.29, 1.82) is 0 Å². The highest BCUT2D eigenvalue weighted by molar-refractivity contribution is 8.18. The Labute approximate surface area is 166 Å². The topological polar surface area (TPSA) is 55.8 Å². The maximum Gasteiger partial charge on any atom is 0.293 e. The molecule has 0 aliphatic carbocycles. The van der Waals surface area contributed by atoms with Crippen molar-refractivity contribution >= 4 is 40.6 Å². The fourth-order valence-corrected chi connectivity index (χ4v) is 3.71. The van der Waals surface area contributed by atoms with Crippen LogP contribution >= 0.6 is 23.4 Å². The van der Waals surface area contributed by atoms with Crippen LogP contribution in [0.1, 0.15) is 18.1 Å². The zero-order chi connectivity index (χ0) is 19.4. The van der Waals surface area contributed by atoms with Crippen molar-refractivity contribution in [2.24, 2.45) is 0 Å². The maximum absolute atomic E-state index is 12.7. The molecule has 0 spiro atoms. The van der Waals surface area contributed by atoms with Gasteiger partial charge in [0.1, 0.15) is 0 Å². The molecule has 2 amide bonds. The summed E-state index contributed by atoms with van der Waals surface area (Å²) in [6, 6.07) is 12.5. The van der Waals surface area contributed by atoms with Gasteiger partial charge in [-0.05, 0) is 60.2 Å². The van der Waals surface area contributed by atoms with E-state index in [2.05, 4.69) is 0 Å². The van der Waals surface area contributed by atoms with Crippen LogP contribution in [-0.4, -0.2) is 29.8 Å². The van der Waals surface area contributed by atoms with E-state index >= 15 is 0 Å². The first-order chi connectivity index (χ1) is 13.0. The molecule has 3 rings (SSSR count). The van der Waals surface area contributed by atoms with Gasteiger partial charge in [0.2, 0.25) is 0 Å². The predicted molar refractivity (Wildman–Crippen MR) is 107 cm³/mol. The maximum atomic E-state index is 12.7. The number of rotatable bonds is 6. The van der Waals surface area contributed by atoms with E-state index in [1.165, 1.54) is 4.90 Å². The molecule has 0 bridgehead atoms. The van der Waals surface area contributed by atoms with Gasteiger partial charge < -0.3 is 9.47 Å². The quantitative estimate of drug-likeness (QED) is 0.636. The minimum absolute atomic E-state index is 0.190. The molecular formula is C20H18ClNO4S. The summed E-state index contributed by atoms with van der Waals surface area (Å²) in [6.45, 7) is 2.57. The number of methoxy groups -OCH3 is 1. The number of amides is 2. The number of hydrogen-bond donors (Lipinski definition) is 0. The average molecular weight is 404 g/mol. The SMILES string of the molecule is CCOc1cc(/C=C2\SC(=O)N(Cc3cccc(Cl)c3)C2=O)ccc1OC. The van der Waals surface area contributed by atoms with Crippen LogP contribution in [0.4, 0.5) is 4.79 Å². The Bertz CT molecular complexity index is 913. The summed E-state index contributed by atoms with van der Waals surface area (Å²) in [6.07, 6.45) is 1.69. The lowest BCUT2D eigenvalue weighted by atomic mass is 10.1. The van der Waals surface area contributed by atoms with Gasteiger partial charge in [-0.15, -0.1) is 0 Å². The van der Waals surface area contributed by atoms with E-state index in [0.29, 0.717) is 28.0 Å². The molecular weight excluding hydrogens is 386 g/mol. The lowest BCUT2D eigenvalue weighted by Crippen LogP contribution is -2.27. The predicted octanol–water partition coefficient (Wildman–Crippen LogP) is 4.98. The van der Waals surface area contributed by atoms with Crippen LogP contribution in [0.5, 0.6) is 11.5 Å². The monoisotopic (exact) mass is 403 g/mol. The Morgan fingerprint density at radius 2 is 1.96 bits per heavy atom. The van der Waals surface area contributed by atoms with Gasteiger partial charge >= 0.3 is 0 Å². The molecule has 0 unspecified atom stereocenters. The van der Waals surface area contributed by atoms with Gasteiger partial charge in [-0.2, -0.15) is 0 Å². The molecule has 0 saturated carbocycles. The third-order valence-electron chi connectivity index (χ3n) is 3.89. The molecule has 2 aromatic carbocycles. The highest BCUT2D eigenvalue weighted by Crippen LogP contribution is 2.35. The second-order valence-corrected chi connectivity index (χ2v) is 7.17. The van der Waals surface area contributed by atoms with E-state index in [1.54, 1.807) is 43.5 Å². The van der Waals surface area contributed by atoms with Crippen LogP contribution in [0.2, 0.25) is 5.02 Å². The molecule has 5 nitrogen and oxygen atoms in total. The molecule has 7 heteroatoms. The standard InChI is InChI=1S/C20H18ClNO4S/c1-3-26-17-10-13(7-8-16(17)25-2)11-18-19(23)22(20(24)27-18)12-14-5-4-6-15(21)9-14/h4-11H,3,12H2,1-2H3/b18-11-. The lowest BCUT2D eigenvalue weighted by Gasteiger charge is -2.12. The molecule has 27 heavy (non-hydrogen) atoms. The van der Waals surface area contributed by atoms with E-state index in [4.69, 9.17) is 21.1 Å². The fraction of sp³-hybridized carbons (Fsp3) is 0.200. The van der Waals surface area contributed by atoms with Crippen LogP contribution in [-0.2, 0) is 11.3 Å². The summed E-state index contributed by atoms with van der Waals surface area (Å²) in [5, 5.41) is 0.265. The molecule has 1 aliphatic heterocycles. The van der Waals surface area contributed by atoms with E-state index in [9.17, 15) is 9.59 Å². The summed E-state index contributed by atoms with van der Waals surface area (Å²) in [5.41, 5.74) is 1.56. The summed E-state index contributed by atoms with van der Waals surface area (Å²) in [4.78, 5) is 26.6. The highest BCUT2D eigenvalue weighted by atomic mass is 35.5. The number of carbonyl (C=O) groups excluding carboxylic acids is 2. The van der Waals surface area contributed by atoms with Gasteiger partial charge in [0, 0.05) is 5.02 Å². The normalized spacial score (nSPS) is 15.5. The summed E-state index contributed by atoms with van der Waals surface area (Å²) >= 11 is 6.90. The Balaban J connectivity index is 1.82. The van der Waals surface area contributed by atoms with Crippen LogP contribution in [0.3, 0.4) is 0 Å². The zero-order valence-electron chi connectivity index (χ0n) is 14.9. The molecule has 1 heterocycles. The third kappa shape index (κ3) is 4.46. The molecule has 1 saturated heterocycles. The number of ether oxygens (including phenoxy) is 2. The Hall–Kier alpha value is -2.44. The van der Waals surface area contributed by atoms with Crippen molar-refractivity contribution in [3.63, 3.8) is 0 Å². The largest absolute Gasteiger partial charge is 0.493 e. The van der Waals surface area contributed by atoms with E-state index in [1.807, 2.05) is 19.1 Å². The first-order valence-electron chi connectivity index (χ1n) is 8.32. The van der Waals surface area contributed by atoms with Crippen molar-refractivity contribution in [2.45, 2.75) is 13.5 Å². The zero-order valence-corrected chi connectivity index (χ0v) is 16.5. The Morgan fingerprint density at radius 3 is 2.67 bits per heavy atom. The molecule has 0 radical (unpaired) electrons. The van der Waals surface area contributed by atoms with Crippen molar-refractivity contribution in [1.82, 2.24) is 4.90 Å². The van der Waals surface area contributed by atoms with Crippen molar-refractivity contribution in [3.8, 4) is 11.5 Å². The second kappa shape index (κ2) is 8.50. The Morgan fingerprint density at radius 1 is 1.15 bits per heavy atom. The fourth-order valence-electron chi connectivity index (χ4n) is 2.66. The van der Waals surface area contributed by atoms with Gasteiger partial charge in [0.15, 0.2) is 11.5 Å². The number of nitrogens with zero attached hydrogens (tertiary/aromatic N) is 1. The van der Waals surface area contributed by atoms with Crippen LogP contribution in [0, 0.1) is 0 Å². The highest BCUT2D eigenvalue weighted by Gasteiger charge is 2.35. The van der Waals surface area contributed by atoms with Gasteiger partial charge in [-0.1, -0.05) is 29.8 Å². The number of halogens is 1.